The quantitative estimate of drug-likeness (QED) is 0.890. The first-order valence-electron chi connectivity index (χ1n) is 8.38. The molecule has 0 aromatic heterocycles. The van der Waals surface area contributed by atoms with Crippen molar-refractivity contribution < 1.29 is 14.0 Å². The fourth-order valence-corrected chi connectivity index (χ4v) is 3.03. The lowest BCUT2D eigenvalue weighted by Gasteiger charge is -2.34. The third-order valence-corrected chi connectivity index (χ3v) is 4.44. The van der Waals surface area contributed by atoms with Crippen molar-refractivity contribution in [2.45, 2.75) is 32.9 Å². The maximum atomic E-state index is 13.1. The number of benzene rings is 1. The van der Waals surface area contributed by atoms with Crippen molar-refractivity contribution in [3.05, 3.63) is 35.6 Å². The van der Waals surface area contributed by atoms with Crippen LogP contribution in [0.5, 0.6) is 0 Å². The van der Waals surface area contributed by atoms with E-state index in [0.717, 1.165) is 5.56 Å². The van der Waals surface area contributed by atoms with Gasteiger partial charge in [-0.2, -0.15) is 0 Å². The molecule has 1 saturated heterocycles. The largest absolute Gasteiger partial charge is 0.339 e. The van der Waals surface area contributed by atoms with Gasteiger partial charge in [0.1, 0.15) is 5.82 Å². The highest BCUT2D eigenvalue weighted by Gasteiger charge is 2.33. The topological polar surface area (TPSA) is 52.7 Å². The van der Waals surface area contributed by atoms with Crippen LogP contribution < -0.4 is 5.32 Å². The maximum Gasteiger partial charge on any atom is 0.236 e. The van der Waals surface area contributed by atoms with Crippen molar-refractivity contribution in [1.29, 1.82) is 0 Å². The Kier molecular flexibility index (Phi) is 6.31. The molecule has 1 unspecified atom stereocenters. The lowest BCUT2D eigenvalue weighted by Crippen LogP contribution is -2.48. The fraction of sp³-hybridized carbons (Fsp3) is 0.556. The van der Waals surface area contributed by atoms with Gasteiger partial charge >= 0.3 is 0 Å². The molecular weight excluding hydrogens is 309 g/mol. The second-order valence-electron chi connectivity index (χ2n) is 6.58. The van der Waals surface area contributed by atoms with E-state index in [0.29, 0.717) is 26.1 Å². The van der Waals surface area contributed by atoms with Crippen LogP contribution in [0.2, 0.25) is 0 Å². The first-order chi connectivity index (χ1) is 11.4. The summed E-state index contributed by atoms with van der Waals surface area (Å²) in [6, 6.07) is 6.17. The smallest absolute Gasteiger partial charge is 0.236 e. The predicted molar refractivity (Wildman–Crippen MR) is 90.7 cm³/mol. The number of halogens is 1. The molecule has 1 aliphatic heterocycles. The van der Waals surface area contributed by atoms with Gasteiger partial charge < -0.3 is 15.1 Å². The Morgan fingerprint density at radius 1 is 1.33 bits per heavy atom. The average molecular weight is 335 g/mol. The van der Waals surface area contributed by atoms with Crippen LogP contribution in [0.3, 0.4) is 0 Å². The Morgan fingerprint density at radius 2 is 2.00 bits per heavy atom. The average Bonchev–Trinajstić information content (AvgIpc) is 2.70. The van der Waals surface area contributed by atoms with E-state index in [1.165, 1.54) is 12.1 Å². The van der Waals surface area contributed by atoms with E-state index >= 15 is 0 Å². The highest BCUT2D eigenvalue weighted by Crippen LogP contribution is 2.21. The summed E-state index contributed by atoms with van der Waals surface area (Å²) in [5.74, 6) is -0.0139. The van der Waals surface area contributed by atoms with Crippen LogP contribution in [0.1, 0.15) is 25.8 Å². The highest BCUT2D eigenvalue weighted by atomic mass is 19.1. The second-order valence-corrected chi connectivity index (χ2v) is 6.58. The van der Waals surface area contributed by atoms with Gasteiger partial charge in [-0.05, 0) is 30.7 Å². The molecule has 1 heterocycles. The molecule has 1 aromatic carbocycles. The second kappa shape index (κ2) is 8.24. The number of likely N-dealkylation sites (N-methyl/N-ethyl adjacent to an activating group) is 1. The Hall–Kier alpha value is -1.95. The lowest BCUT2D eigenvalue weighted by atomic mass is 10.0. The summed E-state index contributed by atoms with van der Waals surface area (Å²) < 4.78 is 13.1. The van der Waals surface area contributed by atoms with Crippen molar-refractivity contribution in [3.63, 3.8) is 0 Å². The van der Waals surface area contributed by atoms with Crippen LogP contribution in [0.4, 0.5) is 4.39 Å². The number of carbonyl (C=O) groups excluding carboxylic acids is 2. The maximum absolute atomic E-state index is 13.1. The molecular formula is C18H26FN3O2. The van der Waals surface area contributed by atoms with Crippen LogP contribution in [-0.4, -0.2) is 54.3 Å². The van der Waals surface area contributed by atoms with E-state index in [1.807, 2.05) is 4.90 Å². The zero-order valence-electron chi connectivity index (χ0n) is 14.6. The number of rotatable bonds is 5. The molecule has 0 spiro atoms. The fourth-order valence-electron chi connectivity index (χ4n) is 3.03. The van der Waals surface area contributed by atoms with Gasteiger partial charge in [-0.15, -0.1) is 0 Å². The number of nitrogens with zero attached hydrogens (tertiary/aromatic N) is 2. The third-order valence-electron chi connectivity index (χ3n) is 4.44. The van der Waals surface area contributed by atoms with E-state index in [1.54, 1.807) is 24.1 Å². The first kappa shape index (κ1) is 18.4. The van der Waals surface area contributed by atoms with Gasteiger partial charge in [0.2, 0.25) is 11.8 Å². The summed E-state index contributed by atoms with van der Waals surface area (Å²) in [6.45, 7) is 5.81. The van der Waals surface area contributed by atoms with Gasteiger partial charge in [-0.3, -0.25) is 9.59 Å². The molecule has 5 nitrogen and oxygen atoms in total. The minimum Gasteiger partial charge on any atom is -0.339 e. The summed E-state index contributed by atoms with van der Waals surface area (Å²) in [5.41, 5.74) is 0.894. The van der Waals surface area contributed by atoms with Gasteiger partial charge in [-0.1, -0.05) is 26.0 Å². The highest BCUT2D eigenvalue weighted by molar-refractivity contribution is 5.81. The molecule has 132 valence electrons. The van der Waals surface area contributed by atoms with E-state index in [2.05, 4.69) is 19.2 Å². The van der Waals surface area contributed by atoms with Crippen LogP contribution in [-0.2, 0) is 16.1 Å². The van der Waals surface area contributed by atoms with Gasteiger partial charge in [0.25, 0.3) is 0 Å². The van der Waals surface area contributed by atoms with Crippen LogP contribution in [0.15, 0.2) is 24.3 Å². The summed E-state index contributed by atoms with van der Waals surface area (Å²) in [4.78, 5) is 28.5. The molecule has 0 bridgehead atoms. The van der Waals surface area contributed by atoms with Gasteiger partial charge in [-0.25, -0.2) is 4.39 Å². The van der Waals surface area contributed by atoms with Crippen molar-refractivity contribution in [2.75, 3.05) is 26.7 Å². The molecule has 0 aliphatic carbocycles. The van der Waals surface area contributed by atoms with Crippen molar-refractivity contribution >= 4 is 11.8 Å². The monoisotopic (exact) mass is 335 g/mol. The number of amides is 2. The zero-order valence-corrected chi connectivity index (χ0v) is 14.6. The van der Waals surface area contributed by atoms with Crippen LogP contribution >= 0.6 is 0 Å². The molecule has 2 rings (SSSR count). The molecule has 1 aromatic rings. The minimum atomic E-state index is -0.287. The number of nitrogens with one attached hydrogen (secondary N) is 1. The van der Waals surface area contributed by atoms with Crippen molar-refractivity contribution in [3.8, 4) is 0 Å². The predicted octanol–water partition coefficient (Wildman–Crippen LogP) is 1.63. The molecule has 1 aliphatic rings. The summed E-state index contributed by atoms with van der Waals surface area (Å²) in [5, 5.41) is 2.87. The Balaban J connectivity index is 2.19. The van der Waals surface area contributed by atoms with Gasteiger partial charge in [0.15, 0.2) is 0 Å². The number of hydrogen-bond donors (Lipinski definition) is 1. The normalized spacial score (nSPS) is 18.9. The minimum absolute atomic E-state index is 0.0135. The van der Waals surface area contributed by atoms with Crippen LogP contribution in [0, 0.1) is 11.7 Å². The molecule has 0 saturated carbocycles. The van der Waals surface area contributed by atoms with Crippen LogP contribution in [0.25, 0.3) is 0 Å². The van der Waals surface area contributed by atoms with E-state index in [-0.39, 0.29) is 36.1 Å². The molecule has 1 fully saturated rings. The van der Waals surface area contributed by atoms with E-state index < -0.39 is 0 Å². The van der Waals surface area contributed by atoms with Crippen molar-refractivity contribution in [2.24, 2.45) is 5.92 Å². The molecule has 24 heavy (non-hydrogen) atoms. The number of hydrogen-bond acceptors (Lipinski definition) is 3. The summed E-state index contributed by atoms with van der Waals surface area (Å²) in [6.07, 6.45) is 0.319. The van der Waals surface area contributed by atoms with Gasteiger partial charge in [0.05, 0.1) is 12.6 Å². The van der Waals surface area contributed by atoms with E-state index in [9.17, 15) is 14.0 Å². The molecule has 2 amide bonds. The summed E-state index contributed by atoms with van der Waals surface area (Å²) in [7, 11) is 1.74. The van der Waals surface area contributed by atoms with E-state index in [4.69, 9.17) is 0 Å². The Bertz CT molecular complexity index is 574. The third kappa shape index (κ3) is 4.54. The SMILES string of the molecule is CNCC(=O)N1CCC(=O)N(Cc2ccc(F)cc2)C(C(C)C)C1. The van der Waals surface area contributed by atoms with Crippen molar-refractivity contribution in [1.82, 2.24) is 15.1 Å². The van der Waals surface area contributed by atoms with Gasteiger partial charge in [0, 0.05) is 26.1 Å². The molecule has 0 radical (unpaired) electrons. The molecule has 1 N–H and O–H groups in total. The zero-order chi connectivity index (χ0) is 17.7. The first-order valence-corrected chi connectivity index (χ1v) is 8.38. The Morgan fingerprint density at radius 3 is 2.58 bits per heavy atom. The molecule has 1 atom stereocenters. The Labute approximate surface area is 142 Å². The molecule has 6 heteroatoms. The lowest BCUT2D eigenvalue weighted by molar-refractivity contribution is -0.134. The summed E-state index contributed by atoms with van der Waals surface area (Å²) >= 11 is 0. The number of carbonyl (C=O) groups is 2. The standard InChI is InChI=1S/C18H26FN3O2/c1-13(2)16-12-21(18(24)10-20-3)9-8-17(23)22(16)11-14-4-6-15(19)7-5-14/h4-7,13,16,20H,8-12H2,1-3H3.